The van der Waals surface area contributed by atoms with Crippen LogP contribution in [-0.4, -0.2) is 14.8 Å². The first-order chi connectivity index (χ1) is 6.11. The Balaban J connectivity index is 3.09. The third-order valence-corrected chi connectivity index (χ3v) is 2.72. The maximum atomic E-state index is 11.4. The molecule has 0 aliphatic heterocycles. The average molecular weight is 242 g/mol. The van der Waals surface area contributed by atoms with Crippen LogP contribution < -0.4 is 5.56 Å². The van der Waals surface area contributed by atoms with E-state index in [9.17, 15) is 4.79 Å². The van der Waals surface area contributed by atoms with Crippen molar-refractivity contribution < 1.29 is 0 Å². The first-order valence-corrected chi connectivity index (χ1v) is 4.61. The van der Waals surface area contributed by atoms with Crippen molar-refractivity contribution in [2.75, 3.05) is 0 Å². The molecule has 13 heavy (non-hydrogen) atoms. The summed E-state index contributed by atoms with van der Waals surface area (Å²) in [5.74, 6) is 0. The van der Waals surface area contributed by atoms with Crippen molar-refractivity contribution in [3.63, 3.8) is 0 Å². The number of pyridine rings is 1. The molecule has 0 aliphatic rings. The molecule has 2 aromatic heterocycles. The standard InChI is InChI=1S/C8H8BrN3O/c1-4-6-7(11-12(4)2)5(9)3-10-8(6)13/h3H,1-2H3,(H,10,13). The lowest BCUT2D eigenvalue weighted by Gasteiger charge is -1.91. The summed E-state index contributed by atoms with van der Waals surface area (Å²) in [5, 5.41) is 4.87. The minimum atomic E-state index is -0.0937. The zero-order valence-electron chi connectivity index (χ0n) is 7.26. The monoisotopic (exact) mass is 241 g/mol. The second kappa shape index (κ2) is 2.70. The molecule has 0 saturated heterocycles. The molecular weight excluding hydrogens is 234 g/mol. The summed E-state index contributed by atoms with van der Waals surface area (Å²) in [6, 6.07) is 0. The number of nitrogens with zero attached hydrogens (tertiary/aromatic N) is 2. The Kier molecular flexibility index (Phi) is 1.76. The van der Waals surface area contributed by atoms with E-state index in [-0.39, 0.29) is 5.56 Å². The number of nitrogens with one attached hydrogen (secondary N) is 1. The fraction of sp³-hybridized carbons (Fsp3) is 0.250. The lowest BCUT2D eigenvalue weighted by Crippen LogP contribution is -2.05. The first kappa shape index (κ1) is 8.50. The van der Waals surface area contributed by atoms with E-state index in [1.165, 1.54) is 0 Å². The quantitative estimate of drug-likeness (QED) is 0.757. The van der Waals surface area contributed by atoms with E-state index in [4.69, 9.17) is 0 Å². The summed E-state index contributed by atoms with van der Waals surface area (Å²) >= 11 is 3.33. The number of aromatic amines is 1. The molecule has 2 heterocycles. The molecule has 2 rings (SSSR count). The topological polar surface area (TPSA) is 50.7 Å². The number of hydrogen-bond donors (Lipinski definition) is 1. The van der Waals surface area contributed by atoms with E-state index in [0.29, 0.717) is 10.9 Å². The van der Waals surface area contributed by atoms with E-state index in [1.54, 1.807) is 10.9 Å². The normalized spacial score (nSPS) is 11.0. The first-order valence-electron chi connectivity index (χ1n) is 3.81. The lowest BCUT2D eigenvalue weighted by atomic mass is 10.3. The largest absolute Gasteiger partial charge is 0.327 e. The van der Waals surface area contributed by atoms with Gasteiger partial charge in [0, 0.05) is 18.9 Å². The van der Waals surface area contributed by atoms with Gasteiger partial charge in [0.2, 0.25) is 0 Å². The fourth-order valence-corrected chi connectivity index (χ4v) is 1.71. The number of H-pyrrole nitrogens is 1. The number of aryl methyl sites for hydroxylation is 2. The second-order valence-corrected chi connectivity index (χ2v) is 3.75. The smallest absolute Gasteiger partial charge is 0.259 e. The highest BCUT2D eigenvalue weighted by molar-refractivity contribution is 9.10. The molecule has 0 fully saturated rings. The molecule has 0 radical (unpaired) electrons. The Morgan fingerprint density at radius 1 is 1.62 bits per heavy atom. The molecule has 0 spiro atoms. The van der Waals surface area contributed by atoms with Gasteiger partial charge >= 0.3 is 0 Å². The van der Waals surface area contributed by atoms with Crippen LogP contribution >= 0.6 is 15.9 Å². The highest BCUT2D eigenvalue weighted by atomic mass is 79.9. The summed E-state index contributed by atoms with van der Waals surface area (Å²) in [7, 11) is 1.82. The van der Waals surface area contributed by atoms with Gasteiger partial charge in [0.15, 0.2) is 0 Å². The van der Waals surface area contributed by atoms with E-state index in [1.807, 2.05) is 14.0 Å². The van der Waals surface area contributed by atoms with Gasteiger partial charge < -0.3 is 4.98 Å². The molecule has 0 atom stereocenters. The molecule has 5 heteroatoms. The highest BCUT2D eigenvalue weighted by Gasteiger charge is 2.10. The zero-order chi connectivity index (χ0) is 9.59. The Bertz CT molecular complexity index is 526. The maximum absolute atomic E-state index is 11.4. The molecular formula is C8H8BrN3O. The Labute approximate surface area is 82.7 Å². The van der Waals surface area contributed by atoms with Crippen molar-refractivity contribution in [2.24, 2.45) is 7.05 Å². The van der Waals surface area contributed by atoms with E-state index in [2.05, 4.69) is 26.0 Å². The number of halogens is 1. The average Bonchev–Trinajstić information content (AvgIpc) is 2.38. The van der Waals surface area contributed by atoms with Gasteiger partial charge in [0.05, 0.1) is 9.86 Å². The van der Waals surface area contributed by atoms with Crippen LogP contribution in [0.5, 0.6) is 0 Å². The van der Waals surface area contributed by atoms with E-state index >= 15 is 0 Å². The number of aromatic nitrogens is 3. The molecule has 0 saturated carbocycles. The molecule has 2 aromatic rings. The molecule has 1 N–H and O–H groups in total. The fourth-order valence-electron chi connectivity index (χ4n) is 1.32. The third kappa shape index (κ3) is 1.11. The van der Waals surface area contributed by atoms with Gasteiger partial charge in [-0.3, -0.25) is 9.48 Å². The van der Waals surface area contributed by atoms with Gasteiger partial charge in [-0.1, -0.05) is 0 Å². The minimum Gasteiger partial charge on any atom is -0.327 e. The van der Waals surface area contributed by atoms with Crippen LogP contribution in [0.2, 0.25) is 0 Å². The third-order valence-electron chi connectivity index (χ3n) is 2.12. The van der Waals surface area contributed by atoms with Gasteiger partial charge in [-0.25, -0.2) is 0 Å². The van der Waals surface area contributed by atoms with Crippen molar-refractivity contribution in [1.82, 2.24) is 14.8 Å². The molecule has 0 amide bonds. The van der Waals surface area contributed by atoms with E-state index in [0.717, 1.165) is 10.2 Å². The lowest BCUT2D eigenvalue weighted by molar-refractivity contribution is 0.750. The Morgan fingerprint density at radius 2 is 2.31 bits per heavy atom. The van der Waals surface area contributed by atoms with Gasteiger partial charge in [0.25, 0.3) is 5.56 Å². The maximum Gasteiger partial charge on any atom is 0.259 e. The summed E-state index contributed by atoms with van der Waals surface area (Å²) in [6.07, 6.45) is 1.61. The number of hydrogen-bond acceptors (Lipinski definition) is 2. The van der Waals surface area contributed by atoms with Crippen molar-refractivity contribution >= 4 is 26.8 Å². The second-order valence-electron chi connectivity index (χ2n) is 2.90. The highest BCUT2D eigenvalue weighted by Crippen LogP contribution is 2.20. The van der Waals surface area contributed by atoms with Crippen LogP contribution in [-0.2, 0) is 7.05 Å². The van der Waals surface area contributed by atoms with Gasteiger partial charge in [-0.15, -0.1) is 0 Å². The molecule has 0 aromatic carbocycles. The van der Waals surface area contributed by atoms with Crippen LogP contribution in [0.25, 0.3) is 10.9 Å². The van der Waals surface area contributed by atoms with Crippen LogP contribution in [0.3, 0.4) is 0 Å². The zero-order valence-corrected chi connectivity index (χ0v) is 8.84. The number of rotatable bonds is 0. The van der Waals surface area contributed by atoms with Crippen molar-refractivity contribution in [2.45, 2.75) is 6.92 Å². The van der Waals surface area contributed by atoms with Crippen LogP contribution in [0.4, 0.5) is 0 Å². The van der Waals surface area contributed by atoms with E-state index < -0.39 is 0 Å². The predicted octanol–water partition coefficient (Wildman–Crippen LogP) is 1.33. The van der Waals surface area contributed by atoms with Crippen LogP contribution in [0.15, 0.2) is 15.5 Å². The van der Waals surface area contributed by atoms with Crippen molar-refractivity contribution in [3.05, 3.63) is 26.7 Å². The summed E-state index contributed by atoms with van der Waals surface area (Å²) in [6.45, 7) is 1.87. The molecule has 0 bridgehead atoms. The summed E-state index contributed by atoms with van der Waals surface area (Å²) < 4.78 is 2.51. The minimum absolute atomic E-state index is 0.0937. The van der Waals surface area contributed by atoms with Crippen LogP contribution in [0, 0.1) is 6.92 Å². The van der Waals surface area contributed by atoms with Crippen LogP contribution in [0.1, 0.15) is 5.69 Å². The summed E-state index contributed by atoms with van der Waals surface area (Å²) in [5.41, 5.74) is 1.49. The van der Waals surface area contributed by atoms with Gasteiger partial charge in [-0.05, 0) is 22.9 Å². The Hall–Kier alpha value is -1.10. The molecule has 68 valence electrons. The SMILES string of the molecule is Cc1c2c(=O)[nH]cc(Br)c2nn1C. The van der Waals surface area contributed by atoms with Crippen molar-refractivity contribution in [1.29, 1.82) is 0 Å². The number of fused-ring (bicyclic) bond motifs is 1. The van der Waals surface area contributed by atoms with Gasteiger partial charge in [0.1, 0.15) is 5.52 Å². The molecule has 0 unspecified atom stereocenters. The Morgan fingerprint density at radius 3 is 2.92 bits per heavy atom. The molecule has 0 aliphatic carbocycles. The van der Waals surface area contributed by atoms with Gasteiger partial charge in [-0.2, -0.15) is 5.10 Å². The molecule has 4 nitrogen and oxygen atoms in total. The predicted molar refractivity (Wildman–Crippen MR) is 53.8 cm³/mol. The summed E-state index contributed by atoms with van der Waals surface area (Å²) in [4.78, 5) is 14.1. The van der Waals surface area contributed by atoms with Crippen molar-refractivity contribution in [3.8, 4) is 0 Å².